The maximum absolute atomic E-state index is 12.1. The third-order valence-electron chi connectivity index (χ3n) is 4.62. The second-order valence-corrected chi connectivity index (χ2v) is 6.38. The van der Waals surface area contributed by atoms with Crippen molar-refractivity contribution >= 4 is 5.91 Å². The van der Waals surface area contributed by atoms with E-state index in [9.17, 15) is 4.79 Å². The van der Waals surface area contributed by atoms with E-state index in [1.54, 1.807) is 7.11 Å². The molecule has 1 aromatic rings. The number of nitrogens with zero attached hydrogens (tertiary/aromatic N) is 1. The SMILES string of the molecule is COc1cccc2c1OCC(NC(=O)CCCN1CCCC1)C2. The number of amides is 1. The average molecular weight is 318 g/mol. The Labute approximate surface area is 137 Å². The predicted molar refractivity (Wildman–Crippen MR) is 89.0 cm³/mol. The molecule has 1 unspecified atom stereocenters. The Morgan fingerprint density at radius 3 is 3.00 bits per heavy atom. The molecule has 1 aromatic carbocycles. The minimum atomic E-state index is 0.0499. The summed E-state index contributed by atoms with van der Waals surface area (Å²) in [6.45, 7) is 3.92. The van der Waals surface area contributed by atoms with E-state index >= 15 is 0 Å². The van der Waals surface area contributed by atoms with Gasteiger partial charge in [-0.2, -0.15) is 0 Å². The van der Waals surface area contributed by atoms with E-state index in [1.807, 2.05) is 18.2 Å². The van der Waals surface area contributed by atoms with Gasteiger partial charge < -0.3 is 19.7 Å². The third kappa shape index (κ3) is 4.16. The zero-order chi connectivity index (χ0) is 16.1. The number of para-hydroxylation sites is 1. The van der Waals surface area contributed by atoms with Crippen LogP contribution in [0.4, 0.5) is 0 Å². The fraction of sp³-hybridized carbons (Fsp3) is 0.611. The van der Waals surface area contributed by atoms with Gasteiger partial charge in [0.2, 0.25) is 5.91 Å². The minimum Gasteiger partial charge on any atom is -0.493 e. The number of benzene rings is 1. The van der Waals surface area contributed by atoms with Gasteiger partial charge in [0, 0.05) is 12.0 Å². The number of rotatable bonds is 6. The van der Waals surface area contributed by atoms with Crippen LogP contribution in [0, 0.1) is 0 Å². The summed E-state index contributed by atoms with van der Waals surface area (Å²) in [4.78, 5) is 14.6. The lowest BCUT2D eigenvalue weighted by molar-refractivity contribution is -0.122. The molecule has 0 bridgehead atoms. The quantitative estimate of drug-likeness (QED) is 0.871. The smallest absolute Gasteiger partial charge is 0.220 e. The highest BCUT2D eigenvalue weighted by atomic mass is 16.5. The molecule has 5 nitrogen and oxygen atoms in total. The molecule has 23 heavy (non-hydrogen) atoms. The van der Waals surface area contributed by atoms with Crippen molar-refractivity contribution in [2.45, 2.75) is 38.1 Å². The number of likely N-dealkylation sites (tertiary alicyclic amines) is 1. The zero-order valence-corrected chi connectivity index (χ0v) is 13.8. The Bertz CT molecular complexity index is 541. The Kier molecular flexibility index (Phi) is 5.39. The molecule has 5 heteroatoms. The van der Waals surface area contributed by atoms with Crippen LogP contribution in [-0.2, 0) is 11.2 Å². The van der Waals surface area contributed by atoms with Gasteiger partial charge >= 0.3 is 0 Å². The van der Waals surface area contributed by atoms with E-state index in [0.29, 0.717) is 13.0 Å². The van der Waals surface area contributed by atoms with Crippen LogP contribution >= 0.6 is 0 Å². The lowest BCUT2D eigenvalue weighted by Crippen LogP contribution is -2.42. The monoisotopic (exact) mass is 318 g/mol. The second kappa shape index (κ2) is 7.68. The van der Waals surface area contributed by atoms with Crippen molar-refractivity contribution in [1.29, 1.82) is 0 Å². The molecule has 2 aliphatic rings. The molecular weight excluding hydrogens is 292 g/mol. The van der Waals surface area contributed by atoms with Crippen molar-refractivity contribution in [3.8, 4) is 11.5 Å². The van der Waals surface area contributed by atoms with Crippen LogP contribution in [0.15, 0.2) is 18.2 Å². The van der Waals surface area contributed by atoms with Crippen molar-refractivity contribution in [1.82, 2.24) is 10.2 Å². The molecule has 0 spiro atoms. The first-order valence-electron chi connectivity index (χ1n) is 8.56. The molecule has 1 amide bonds. The molecule has 1 saturated heterocycles. The van der Waals surface area contributed by atoms with E-state index < -0.39 is 0 Å². The Morgan fingerprint density at radius 2 is 2.22 bits per heavy atom. The van der Waals surface area contributed by atoms with Crippen LogP contribution in [0.5, 0.6) is 11.5 Å². The van der Waals surface area contributed by atoms with Crippen LogP contribution in [0.2, 0.25) is 0 Å². The summed E-state index contributed by atoms with van der Waals surface area (Å²) >= 11 is 0. The summed E-state index contributed by atoms with van der Waals surface area (Å²) in [5.74, 6) is 1.71. The van der Waals surface area contributed by atoms with Crippen LogP contribution in [0.3, 0.4) is 0 Å². The Morgan fingerprint density at radius 1 is 1.39 bits per heavy atom. The van der Waals surface area contributed by atoms with Crippen molar-refractivity contribution < 1.29 is 14.3 Å². The van der Waals surface area contributed by atoms with E-state index in [0.717, 1.165) is 36.4 Å². The number of nitrogens with one attached hydrogen (secondary N) is 1. The van der Waals surface area contributed by atoms with E-state index in [1.165, 1.54) is 25.9 Å². The summed E-state index contributed by atoms with van der Waals surface area (Å²) in [5, 5.41) is 3.10. The number of carbonyl (C=O) groups is 1. The van der Waals surface area contributed by atoms with Gasteiger partial charge in [0.05, 0.1) is 13.2 Å². The molecule has 3 rings (SSSR count). The average Bonchev–Trinajstić information content (AvgIpc) is 3.07. The van der Waals surface area contributed by atoms with Gasteiger partial charge in [0.15, 0.2) is 11.5 Å². The molecule has 2 heterocycles. The van der Waals surface area contributed by atoms with E-state index in [2.05, 4.69) is 10.2 Å². The molecule has 0 aromatic heterocycles. The summed E-state index contributed by atoms with van der Waals surface area (Å²) < 4.78 is 11.1. The molecule has 0 radical (unpaired) electrons. The molecule has 1 atom stereocenters. The molecule has 1 fully saturated rings. The molecule has 2 aliphatic heterocycles. The van der Waals surface area contributed by atoms with Gasteiger partial charge in [0.25, 0.3) is 0 Å². The van der Waals surface area contributed by atoms with Gasteiger partial charge in [-0.05, 0) is 51.4 Å². The summed E-state index contributed by atoms with van der Waals surface area (Å²) in [7, 11) is 1.65. The fourth-order valence-corrected chi connectivity index (χ4v) is 3.42. The first kappa shape index (κ1) is 16.1. The van der Waals surface area contributed by atoms with Crippen molar-refractivity contribution in [3.63, 3.8) is 0 Å². The van der Waals surface area contributed by atoms with Crippen LogP contribution < -0.4 is 14.8 Å². The van der Waals surface area contributed by atoms with Crippen molar-refractivity contribution in [2.75, 3.05) is 33.4 Å². The first-order valence-corrected chi connectivity index (χ1v) is 8.56. The van der Waals surface area contributed by atoms with Crippen LogP contribution in [0.25, 0.3) is 0 Å². The highest BCUT2D eigenvalue weighted by Crippen LogP contribution is 2.34. The highest BCUT2D eigenvalue weighted by molar-refractivity contribution is 5.76. The number of fused-ring (bicyclic) bond motifs is 1. The highest BCUT2D eigenvalue weighted by Gasteiger charge is 2.23. The van der Waals surface area contributed by atoms with Crippen LogP contribution in [-0.4, -0.2) is 50.2 Å². The summed E-state index contributed by atoms with van der Waals surface area (Å²) in [5.41, 5.74) is 1.10. The summed E-state index contributed by atoms with van der Waals surface area (Å²) in [6.07, 6.45) is 4.93. The number of ether oxygens (including phenoxy) is 2. The molecule has 0 saturated carbocycles. The maximum atomic E-state index is 12.1. The third-order valence-corrected chi connectivity index (χ3v) is 4.62. The number of methoxy groups -OCH3 is 1. The fourth-order valence-electron chi connectivity index (χ4n) is 3.42. The van der Waals surface area contributed by atoms with E-state index in [4.69, 9.17) is 9.47 Å². The molecule has 126 valence electrons. The van der Waals surface area contributed by atoms with Crippen molar-refractivity contribution in [2.24, 2.45) is 0 Å². The lowest BCUT2D eigenvalue weighted by atomic mass is 10.0. The minimum absolute atomic E-state index is 0.0499. The maximum Gasteiger partial charge on any atom is 0.220 e. The largest absolute Gasteiger partial charge is 0.493 e. The second-order valence-electron chi connectivity index (χ2n) is 6.38. The van der Waals surface area contributed by atoms with Gasteiger partial charge in [-0.1, -0.05) is 12.1 Å². The van der Waals surface area contributed by atoms with Gasteiger partial charge in [-0.25, -0.2) is 0 Å². The summed E-state index contributed by atoms with van der Waals surface area (Å²) in [6, 6.07) is 5.94. The molecule has 0 aliphatic carbocycles. The standard InChI is InChI=1S/C18H26N2O3/c1-22-16-7-4-6-14-12-15(13-23-18(14)16)19-17(21)8-5-11-20-9-2-3-10-20/h4,6-7,15H,2-3,5,8-13H2,1H3,(H,19,21). The van der Waals surface area contributed by atoms with Crippen LogP contribution in [0.1, 0.15) is 31.2 Å². The number of carbonyl (C=O) groups excluding carboxylic acids is 1. The lowest BCUT2D eigenvalue weighted by Gasteiger charge is -2.27. The van der Waals surface area contributed by atoms with Gasteiger partial charge in [0.1, 0.15) is 6.61 Å². The topological polar surface area (TPSA) is 50.8 Å². The van der Waals surface area contributed by atoms with E-state index in [-0.39, 0.29) is 11.9 Å². The molecule has 1 N–H and O–H groups in total. The Hall–Kier alpha value is -1.75. The van der Waals surface area contributed by atoms with Gasteiger partial charge in [-0.3, -0.25) is 4.79 Å². The Balaban J connectivity index is 1.44. The predicted octanol–water partition coefficient (Wildman–Crippen LogP) is 1.99. The van der Waals surface area contributed by atoms with Crippen molar-refractivity contribution in [3.05, 3.63) is 23.8 Å². The van der Waals surface area contributed by atoms with Gasteiger partial charge in [-0.15, -0.1) is 0 Å². The zero-order valence-electron chi connectivity index (χ0n) is 13.8. The first-order chi connectivity index (χ1) is 11.3. The number of hydrogen-bond donors (Lipinski definition) is 1. The number of hydrogen-bond acceptors (Lipinski definition) is 4. The normalized spacial score (nSPS) is 20.7. The molecular formula is C18H26N2O3.